The Bertz CT molecular complexity index is 278. The van der Waals surface area contributed by atoms with Gasteiger partial charge in [0.2, 0.25) is 0 Å². The van der Waals surface area contributed by atoms with E-state index in [2.05, 4.69) is 4.74 Å². The first-order valence-electron chi connectivity index (χ1n) is 3.79. The maximum atomic E-state index is 10.8. The Morgan fingerprint density at radius 3 is 2.21 bits per heavy atom. The first-order chi connectivity index (χ1) is 6.47. The first kappa shape index (κ1) is 12.2. The van der Waals surface area contributed by atoms with Crippen molar-refractivity contribution in [2.24, 2.45) is 0 Å². The van der Waals surface area contributed by atoms with Crippen molar-refractivity contribution in [3.63, 3.8) is 0 Å². The molecule has 0 bridgehead atoms. The third-order valence-corrected chi connectivity index (χ3v) is 1.21. The molecule has 0 unspecified atom stereocenters. The van der Waals surface area contributed by atoms with Gasteiger partial charge in [-0.25, -0.2) is 9.59 Å². The first-order valence-corrected chi connectivity index (χ1v) is 3.79. The van der Waals surface area contributed by atoms with Gasteiger partial charge in [0.25, 0.3) is 0 Å². The number of aliphatic carboxylic acids is 2. The molecule has 0 aliphatic carbocycles. The van der Waals surface area contributed by atoms with E-state index >= 15 is 0 Å². The monoisotopic (exact) mass is 202 g/mol. The van der Waals surface area contributed by atoms with E-state index < -0.39 is 29.9 Å². The van der Waals surface area contributed by atoms with Crippen LogP contribution in [-0.2, 0) is 19.1 Å². The average molecular weight is 202 g/mol. The molecule has 0 aliphatic rings. The minimum Gasteiger partial charge on any atom is -0.478 e. The number of hydrogen-bond acceptors (Lipinski definition) is 4. The molecule has 6 heteroatoms. The zero-order valence-electron chi connectivity index (χ0n) is 7.52. The van der Waals surface area contributed by atoms with Crippen LogP contribution in [0.3, 0.4) is 0 Å². The van der Waals surface area contributed by atoms with Gasteiger partial charge in [-0.3, -0.25) is 4.79 Å². The lowest BCUT2D eigenvalue weighted by atomic mass is 10.2. The highest BCUT2D eigenvalue weighted by Gasteiger charge is 2.14. The van der Waals surface area contributed by atoms with Crippen molar-refractivity contribution in [1.29, 1.82) is 0 Å². The highest BCUT2D eigenvalue weighted by molar-refractivity contribution is 5.98. The van der Waals surface area contributed by atoms with Gasteiger partial charge in [0.05, 0.1) is 18.6 Å². The van der Waals surface area contributed by atoms with Crippen LogP contribution in [0.25, 0.3) is 0 Å². The lowest BCUT2D eigenvalue weighted by Gasteiger charge is -2.01. The van der Waals surface area contributed by atoms with E-state index in [1.165, 1.54) is 0 Å². The molecule has 0 aromatic rings. The van der Waals surface area contributed by atoms with E-state index in [1.54, 1.807) is 6.92 Å². The van der Waals surface area contributed by atoms with Crippen LogP contribution in [0.5, 0.6) is 0 Å². The molecule has 0 fully saturated rings. The Morgan fingerprint density at radius 1 is 1.29 bits per heavy atom. The largest absolute Gasteiger partial charge is 0.478 e. The molecule has 2 N–H and O–H groups in total. The van der Waals surface area contributed by atoms with Crippen molar-refractivity contribution < 1.29 is 29.3 Å². The summed E-state index contributed by atoms with van der Waals surface area (Å²) in [7, 11) is 0. The zero-order chi connectivity index (χ0) is 11.1. The van der Waals surface area contributed by atoms with Gasteiger partial charge in [-0.05, 0) is 6.92 Å². The minimum absolute atomic E-state index is 0.124. The van der Waals surface area contributed by atoms with Gasteiger partial charge in [0, 0.05) is 6.08 Å². The third kappa shape index (κ3) is 4.91. The standard InChI is InChI=1S/C8H10O6/c1-2-14-7(11)4-5(8(12)13)3-6(9)10/h3H,2,4H2,1H3,(H,9,10)(H,12,13)/b5-3+. The molecule has 14 heavy (non-hydrogen) atoms. The average Bonchev–Trinajstić information content (AvgIpc) is 2.02. The topological polar surface area (TPSA) is 101 Å². The second kappa shape index (κ2) is 5.74. The molecule has 0 atom stereocenters. The van der Waals surface area contributed by atoms with E-state index in [4.69, 9.17) is 10.2 Å². The summed E-state index contributed by atoms with van der Waals surface area (Å²) in [5.74, 6) is -3.62. The van der Waals surface area contributed by atoms with Crippen LogP contribution in [0.4, 0.5) is 0 Å². The number of carboxylic acid groups (broad SMARTS) is 2. The minimum atomic E-state index is -1.44. The smallest absolute Gasteiger partial charge is 0.332 e. The van der Waals surface area contributed by atoms with E-state index in [-0.39, 0.29) is 6.61 Å². The number of carboxylic acids is 2. The molecular formula is C8H10O6. The SMILES string of the molecule is CCOC(=O)C/C(=C\C(=O)O)C(=O)O. The van der Waals surface area contributed by atoms with E-state index in [0.717, 1.165) is 0 Å². The quantitative estimate of drug-likeness (QED) is 0.482. The van der Waals surface area contributed by atoms with Crippen molar-refractivity contribution in [1.82, 2.24) is 0 Å². The van der Waals surface area contributed by atoms with Crippen molar-refractivity contribution >= 4 is 17.9 Å². The molecule has 6 nitrogen and oxygen atoms in total. The molecule has 0 aliphatic heterocycles. The molecule has 0 spiro atoms. The van der Waals surface area contributed by atoms with Crippen LogP contribution >= 0.6 is 0 Å². The molecule has 0 amide bonds. The molecule has 0 radical (unpaired) electrons. The second-order valence-corrected chi connectivity index (χ2v) is 2.29. The summed E-state index contributed by atoms with van der Waals surface area (Å²) in [6, 6.07) is 0. The summed E-state index contributed by atoms with van der Waals surface area (Å²) in [5, 5.41) is 16.8. The maximum Gasteiger partial charge on any atom is 0.332 e. The number of carbonyl (C=O) groups is 3. The molecule has 78 valence electrons. The van der Waals surface area contributed by atoms with E-state index in [9.17, 15) is 14.4 Å². The summed E-state index contributed by atoms with van der Waals surface area (Å²) < 4.78 is 4.47. The van der Waals surface area contributed by atoms with Gasteiger partial charge >= 0.3 is 17.9 Å². The molecule has 0 rings (SSSR count). The van der Waals surface area contributed by atoms with Gasteiger partial charge in [0.15, 0.2) is 0 Å². The Labute approximate surface area is 79.8 Å². The Hall–Kier alpha value is -1.85. The van der Waals surface area contributed by atoms with E-state index in [1.807, 2.05) is 0 Å². The highest BCUT2D eigenvalue weighted by Crippen LogP contribution is 2.03. The summed E-state index contributed by atoms with van der Waals surface area (Å²) >= 11 is 0. The van der Waals surface area contributed by atoms with Crippen LogP contribution in [0, 0.1) is 0 Å². The Kier molecular flexibility index (Phi) is 4.98. The van der Waals surface area contributed by atoms with Gasteiger partial charge in [-0.1, -0.05) is 0 Å². The third-order valence-electron chi connectivity index (χ3n) is 1.21. The van der Waals surface area contributed by atoms with Crippen molar-refractivity contribution in [2.75, 3.05) is 6.61 Å². The summed E-state index contributed by atoms with van der Waals surface area (Å²) in [6.45, 7) is 1.69. The fraction of sp³-hybridized carbons (Fsp3) is 0.375. The number of ether oxygens (including phenoxy) is 1. The molecular weight excluding hydrogens is 192 g/mol. The second-order valence-electron chi connectivity index (χ2n) is 2.29. The molecule has 0 heterocycles. The number of rotatable bonds is 5. The predicted octanol–water partition coefficient (Wildman–Crippen LogP) is 0.0352. The van der Waals surface area contributed by atoms with Gasteiger partial charge in [-0.15, -0.1) is 0 Å². The molecule has 0 saturated heterocycles. The van der Waals surface area contributed by atoms with Crippen molar-refractivity contribution in [3.8, 4) is 0 Å². The van der Waals surface area contributed by atoms with Gasteiger partial charge in [-0.2, -0.15) is 0 Å². The Morgan fingerprint density at radius 2 is 1.86 bits per heavy atom. The lowest BCUT2D eigenvalue weighted by molar-refractivity contribution is -0.144. The Balaban J connectivity index is 4.47. The van der Waals surface area contributed by atoms with Gasteiger partial charge < -0.3 is 14.9 Å². The van der Waals surface area contributed by atoms with Crippen LogP contribution in [0.2, 0.25) is 0 Å². The fourth-order valence-electron chi connectivity index (χ4n) is 0.705. The number of carbonyl (C=O) groups excluding carboxylic acids is 1. The highest BCUT2D eigenvalue weighted by atomic mass is 16.5. The predicted molar refractivity (Wildman–Crippen MR) is 44.6 cm³/mol. The van der Waals surface area contributed by atoms with Crippen LogP contribution in [0.15, 0.2) is 11.6 Å². The van der Waals surface area contributed by atoms with E-state index in [0.29, 0.717) is 6.08 Å². The normalized spacial score (nSPS) is 10.8. The summed E-state index contributed by atoms with van der Waals surface area (Å²) in [5.41, 5.74) is -0.504. The summed E-state index contributed by atoms with van der Waals surface area (Å²) in [4.78, 5) is 31.4. The summed E-state index contributed by atoms with van der Waals surface area (Å²) in [6.07, 6.45) is -0.0747. The van der Waals surface area contributed by atoms with Crippen molar-refractivity contribution in [2.45, 2.75) is 13.3 Å². The zero-order valence-corrected chi connectivity index (χ0v) is 7.52. The molecule has 0 aromatic heterocycles. The molecule has 0 saturated carbocycles. The van der Waals surface area contributed by atoms with Crippen LogP contribution in [0.1, 0.15) is 13.3 Å². The lowest BCUT2D eigenvalue weighted by Crippen LogP contribution is -2.11. The maximum absolute atomic E-state index is 10.8. The van der Waals surface area contributed by atoms with Crippen LogP contribution < -0.4 is 0 Å². The fourth-order valence-corrected chi connectivity index (χ4v) is 0.705. The van der Waals surface area contributed by atoms with Crippen LogP contribution in [-0.4, -0.2) is 34.7 Å². The number of hydrogen-bond donors (Lipinski definition) is 2. The van der Waals surface area contributed by atoms with Crippen molar-refractivity contribution in [3.05, 3.63) is 11.6 Å². The molecule has 0 aromatic carbocycles. The van der Waals surface area contributed by atoms with Gasteiger partial charge in [0.1, 0.15) is 0 Å². The number of esters is 1.